The van der Waals surface area contributed by atoms with Gasteiger partial charge in [0.25, 0.3) is 5.91 Å². The van der Waals surface area contributed by atoms with Crippen molar-refractivity contribution >= 4 is 51.2 Å². The third-order valence-electron chi connectivity index (χ3n) is 4.95. The van der Waals surface area contributed by atoms with Crippen LogP contribution in [0.1, 0.15) is 28.2 Å². The molecule has 29 heavy (non-hydrogen) atoms. The van der Waals surface area contributed by atoms with E-state index in [1.54, 1.807) is 0 Å². The molecule has 3 heterocycles. The van der Waals surface area contributed by atoms with E-state index in [2.05, 4.69) is 10.3 Å². The minimum Gasteiger partial charge on any atom is -0.338 e. The van der Waals surface area contributed by atoms with Crippen molar-refractivity contribution in [2.75, 3.05) is 18.4 Å². The van der Waals surface area contributed by atoms with Crippen LogP contribution in [-0.2, 0) is 4.79 Å². The quantitative estimate of drug-likeness (QED) is 0.590. The molecule has 1 fully saturated rings. The Morgan fingerprint density at radius 1 is 1.14 bits per heavy atom. The highest BCUT2D eigenvalue weighted by Gasteiger charge is 2.28. The van der Waals surface area contributed by atoms with E-state index < -0.39 is 0 Å². The third kappa shape index (κ3) is 4.69. The van der Waals surface area contributed by atoms with Gasteiger partial charge in [-0.15, -0.1) is 22.7 Å². The van der Waals surface area contributed by atoms with Crippen molar-refractivity contribution in [3.8, 4) is 10.4 Å². The fourth-order valence-corrected chi connectivity index (χ4v) is 5.14. The van der Waals surface area contributed by atoms with Crippen molar-refractivity contribution < 1.29 is 9.59 Å². The van der Waals surface area contributed by atoms with Gasteiger partial charge in [0.1, 0.15) is 0 Å². The molecule has 0 unspecified atom stereocenters. The normalized spacial score (nSPS) is 14.8. The maximum absolute atomic E-state index is 12.9. The summed E-state index contributed by atoms with van der Waals surface area (Å²) < 4.78 is 0. The number of nitrogens with one attached hydrogen (secondary N) is 1. The second-order valence-electron chi connectivity index (χ2n) is 7.02. The van der Waals surface area contributed by atoms with Crippen LogP contribution in [0.15, 0.2) is 41.8 Å². The number of aryl methyl sites for hydroxylation is 1. The predicted octanol–water partition coefficient (Wildman–Crippen LogP) is 5.32. The molecular weight excluding hydrogens is 426 g/mol. The lowest BCUT2D eigenvalue weighted by Gasteiger charge is -2.30. The number of anilines is 1. The van der Waals surface area contributed by atoms with Gasteiger partial charge in [0, 0.05) is 34.3 Å². The number of hydrogen-bond acceptors (Lipinski definition) is 5. The smallest absolute Gasteiger partial charge is 0.263 e. The SMILES string of the molecule is Cc1csc(NC(=O)C2CCN(C(=O)c3ccc(-c4ccc(Cl)cc4)s3)CC2)n1. The van der Waals surface area contributed by atoms with Gasteiger partial charge in [-0.2, -0.15) is 0 Å². The molecule has 2 aromatic heterocycles. The van der Waals surface area contributed by atoms with E-state index in [4.69, 9.17) is 11.6 Å². The van der Waals surface area contributed by atoms with Crippen molar-refractivity contribution in [1.29, 1.82) is 0 Å². The molecule has 0 radical (unpaired) electrons. The summed E-state index contributed by atoms with van der Waals surface area (Å²) in [5.41, 5.74) is 1.95. The minimum absolute atomic E-state index is 0.00685. The van der Waals surface area contributed by atoms with Crippen LogP contribution in [0.4, 0.5) is 5.13 Å². The molecule has 0 saturated carbocycles. The van der Waals surface area contributed by atoms with Crippen LogP contribution in [0.5, 0.6) is 0 Å². The van der Waals surface area contributed by atoms with E-state index >= 15 is 0 Å². The van der Waals surface area contributed by atoms with E-state index in [1.807, 2.05) is 53.6 Å². The van der Waals surface area contributed by atoms with Crippen LogP contribution in [0.2, 0.25) is 5.02 Å². The predicted molar refractivity (Wildman–Crippen MR) is 119 cm³/mol. The van der Waals surface area contributed by atoms with Gasteiger partial charge < -0.3 is 10.2 Å². The number of likely N-dealkylation sites (tertiary alicyclic amines) is 1. The lowest BCUT2D eigenvalue weighted by molar-refractivity contribution is -0.121. The van der Waals surface area contributed by atoms with E-state index in [0.717, 1.165) is 21.0 Å². The zero-order chi connectivity index (χ0) is 20.4. The summed E-state index contributed by atoms with van der Waals surface area (Å²) in [6.45, 7) is 3.07. The Kier molecular flexibility index (Phi) is 5.99. The Balaban J connectivity index is 1.34. The molecular formula is C21H20ClN3O2S2. The number of hydrogen-bond donors (Lipinski definition) is 1. The first-order valence-electron chi connectivity index (χ1n) is 9.37. The molecule has 0 spiro atoms. The Hall–Kier alpha value is -2.22. The second kappa shape index (κ2) is 8.65. The van der Waals surface area contributed by atoms with E-state index in [-0.39, 0.29) is 17.7 Å². The summed E-state index contributed by atoms with van der Waals surface area (Å²) in [4.78, 5) is 33.2. The molecule has 1 N–H and O–H groups in total. The molecule has 5 nitrogen and oxygen atoms in total. The lowest BCUT2D eigenvalue weighted by atomic mass is 9.96. The highest BCUT2D eigenvalue weighted by atomic mass is 35.5. The summed E-state index contributed by atoms with van der Waals surface area (Å²) in [5, 5.41) is 6.14. The average molecular weight is 446 g/mol. The maximum atomic E-state index is 12.9. The van der Waals surface area contributed by atoms with Crippen molar-refractivity contribution in [2.45, 2.75) is 19.8 Å². The number of thiophene rings is 1. The molecule has 0 atom stereocenters. The van der Waals surface area contributed by atoms with Crippen LogP contribution in [0.25, 0.3) is 10.4 Å². The molecule has 1 saturated heterocycles. The highest BCUT2D eigenvalue weighted by molar-refractivity contribution is 7.17. The Morgan fingerprint density at radius 2 is 1.86 bits per heavy atom. The molecule has 1 aliphatic rings. The first-order valence-corrected chi connectivity index (χ1v) is 11.4. The van der Waals surface area contributed by atoms with Crippen molar-refractivity contribution in [3.63, 3.8) is 0 Å². The molecule has 1 aliphatic heterocycles. The molecule has 0 aliphatic carbocycles. The summed E-state index contributed by atoms with van der Waals surface area (Å²) in [7, 11) is 0. The van der Waals surface area contributed by atoms with Crippen LogP contribution in [0.3, 0.4) is 0 Å². The molecule has 0 bridgehead atoms. The van der Waals surface area contributed by atoms with E-state index in [9.17, 15) is 9.59 Å². The van der Waals surface area contributed by atoms with Crippen LogP contribution >= 0.6 is 34.3 Å². The van der Waals surface area contributed by atoms with Gasteiger partial charge in [0.05, 0.1) is 10.6 Å². The Labute approximate surface area is 182 Å². The van der Waals surface area contributed by atoms with Gasteiger partial charge in [-0.05, 0) is 49.6 Å². The van der Waals surface area contributed by atoms with Gasteiger partial charge >= 0.3 is 0 Å². The summed E-state index contributed by atoms with van der Waals surface area (Å²) in [6, 6.07) is 11.5. The summed E-state index contributed by atoms with van der Waals surface area (Å²) in [6.07, 6.45) is 1.33. The van der Waals surface area contributed by atoms with Crippen molar-refractivity contribution in [3.05, 3.63) is 57.4 Å². The van der Waals surface area contributed by atoms with E-state index in [1.165, 1.54) is 22.7 Å². The zero-order valence-corrected chi connectivity index (χ0v) is 18.2. The first kappa shape index (κ1) is 20.1. The average Bonchev–Trinajstić information content (AvgIpc) is 3.37. The number of amides is 2. The molecule has 150 valence electrons. The van der Waals surface area contributed by atoms with Crippen LogP contribution in [-0.4, -0.2) is 34.8 Å². The van der Waals surface area contributed by atoms with Gasteiger partial charge in [0.15, 0.2) is 5.13 Å². The number of carbonyl (C=O) groups excluding carboxylic acids is 2. The highest BCUT2D eigenvalue weighted by Crippen LogP contribution is 2.31. The standard InChI is InChI=1S/C21H20ClN3O2S2/c1-13-12-28-21(23-13)24-19(26)15-8-10-25(11-9-15)20(27)18-7-6-17(29-18)14-2-4-16(22)5-3-14/h2-7,12,15H,8-11H2,1H3,(H,23,24,26). The third-order valence-corrected chi connectivity index (χ3v) is 7.20. The van der Waals surface area contributed by atoms with Crippen LogP contribution in [0, 0.1) is 12.8 Å². The monoisotopic (exact) mass is 445 g/mol. The largest absolute Gasteiger partial charge is 0.338 e. The fourth-order valence-electron chi connectivity index (χ4n) is 3.34. The second-order valence-corrected chi connectivity index (χ2v) is 9.40. The first-order chi connectivity index (χ1) is 14.0. The Morgan fingerprint density at radius 3 is 2.52 bits per heavy atom. The van der Waals surface area contributed by atoms with Gasteiger partial charge in [0.2, 0.25) is 5.91 Å². The topological polar surface area (TPSA) is 62.3 Å². The number of benzene rings is 1. The fraction of sp³-hybridized carbons (Fsp3) is 0.286. The Bertz CT molecular complexity index is 1020. The molecule has 1 aromatic carbocycles. The van der Waals surface area contributed by atoms with Gasteiger partial charge in [-0.1, -0.05) is 23.7 Å². The number of rotatable bonds is 4. The lowest BCUT2D eigenvalue weighted by Crippen LogP contribution is -2.41. The zero-order valence-electron chi connectivity index (χ0n) is 15.9. The number of aromatic nitrogens is 1. The van der Waals surface area contributed by atoms with E-state index in [0.29, 0.717) is 36.1 Å². The number of halogens is 1. The van der Waals surface area contributed by atoms with Crippen molar-refractivity contribution in [1.82, 2.24) is 9.88 Å². The molecule has 8 heteroatoms. The number of thiazole rings is 1. The maximum Gasteiger partial charge on any atom is 0.263 e. The number of piperidine rings is 1. The number of nitrogens with zero attached hydrogens (tertiary/aromatic N) is 2. The van der Waals surface area contributed by atoms with Crippen molar-refractivity contribution in [2.24, 2.45) is 5.92 Å². The molecule has 4 rings (SSSR count). The number of carbonyl (C=O) groups is 2. The summed E-state index contributed by atoms with van der Waals surface area (Å²) in [5.74, 6) is -0.0616. The molecule has 2 amide bonds. The van der Waals surface area contributed by atoms with Gasteiger partial charge in [-0.25, -0.2) is 4.98 Å². The summed E-state index contributed by atoms with van der Waals surface area (Å²) >= 11 is 8.86. The van der Waals surface area contributed by atoms with Crippen LogP contribution < -0.4 is 5.32 Å². The van der Waals surface area contributed by atoms with Gasteiger partial charge in [-0.3, -0.25) is 9.59 Å². The molecule has 3 aromatic rings. The minimum atomic E-state index is -0.0868.